The summed E-state index contributed by atoms with van der Waals surface area (Å²) in [6.45, 7) is 8.25. The Morgan fingerprint density at radius 2 is 1.49 bits per heavy atom. The lowest BCUT2D eigenvalue weighted by molar-refractivity contribution is -0.141. The van der Waals surface area contributed by atoms with Crippen molar-refractivity contribution < 1.29 is 18.0 Å². The molecule has 3 aromatic carbocycles. The van der Waals surface area contributed by atoms with Gasteiger partial charge >= 0.3 is 0 Å². The van der Waals surface area contributed by atoms with Gasteiger partial charge in [-0.25, -0.2) is 8.42 Å². The summed E-state index contributed by atoms with van der Waals surface area (Å²) in [5, 5.41) is 3.08. The SMILES string of the molecule is CCC(C)NC(=O)C(Cc1ccccc1)N(Cc1ccccc1)C(=O)CCCN(c1cccc(C)c1C)S(C)(=O)=O. The summed E-state index contributed by atoms with van der Waals surface area (Å²) in [4.78, 5) is 29.2. The number of anilines is 1. The van der Waals surface area contributed by atoms with E-state index in [4.69, 9.17) is 0 Å². The number of nitrogens with zero attached hydrogens (tertiary/aromatic N) is 2. The first-order chi connectivity index (χ1) is 19.5. The van der Waals surface area contributed by atoms with Crippen molar-refractivity contribution in [1.29, 1.82) is 0 Å². The van der Waals surface area contributed by atoms with Crippen LogP contribution in [0.2, 0.25) is 0 Å². The molecule has 0 heterocycles. The van der Waals surface area contributed by atoms with E-state index in [0.29, 0.717) is 18.5 Å². The van der Waals surface area contributed by atoms with E-state index in [0.717, 1.165) is 28.7 Å². The van der Waals surface area contributed by atoms with Crippen molar-refractivity contribution in [1.82, 2.24) is 10.2 Å². The van der Waals surface area contributed by atoms with E-state index in [2.05, 4.69) is 5.32 Å². The molecule has 0 spiro atoms. The van der Waals surface area contributed by atoms with E-state index in [1.54, 1.807) is 11.0 Å². The van der Waals surface area contributed by atoms with Crippen LogP contribution in [-0.4, -0.2) is 50.0 Å². The molecular formula is C33H43N3O4S. The Morgan fingerprint density at radius 1 is 0.878 bits per heavy atom. The number of hydrogen-bond donors (Lipinski definition) is 1. The average molecular weight is 578 g/mol. The minimum Gasteiger partial charge on any atom is -0.352 e. The topological polar surface area (TPSA) is 86.8 Å². The molecule has 8 heteroatoms. The third kappa shape index (κ3) is 9.18. The molecule has 0 aromatic heterocycles. The predicted molar refractivity (Wildman–Crippen MR) is 166 cm³/mol. The number of aryl methyl sites for hydroxylation is 1. The van der Waals surface area contributed by atoms with Crippen molar-refractivity contribution in [2.24, 2.45) is 0 Å². The Bertz CT molecular complexity index is 1390. The molecule has 220 valence electrons. The first-order valence-electron chi connectivity index (χ1n) is 14.2. The van der Waals surface area contributed by atoms with Gasteiger partial charge < -0.3 is 10.2 Å². The molecule has 3 rings (SSSR count). The monoisotopic (exact) mass is 577 g/mol. The summed E-state index contributed by atoms with van der Waals surface area (Å²) in [6.07, 6.45) is 2.75. The Hall–Kier alpha value is -3.65. The molecule has 0 radical (unpaired) electrons. The molecule has 2 amide bonds. The second kappa shape index (κ2) is 14.8. The Kier molecular flexibility index (Phi) is 11.5. The van der Waals surface area contributed by atoms with E-state index >= 15 is 0 Å². The van der Waals surface area contributed by atoms with Gasteiger partial charge in [0.05, 0.1) is 11.9 Å². The van der Waals surface area contributed by atoms with Gasteiger partial charge in [0.1, 0.15) is 6.04 Å². The molecule has 2 atom stereocenters. The van der Waals surface area contributed by atoms with Crippen molar-refractivity contribution in [3.8, 4) is 0 Å². The zero-order valence-electron chi connectivity index (χ0n) is 24.8. The van der Waals surface area contributed by atoms with E-state index in [-0.39, 0.29) is 37.4 Å². The number of rotatable bonds is 14. The molecule has 3 aromatic rings. The number of amides is 2. The van der Waals surface area contributed by atoms with Crippen LogP contribution in [0.5, 0.6) is 0 Å². The maximum Gasteiger partial charge on any atom is 0.243 e. The maximum atomic E-state index is 13.9. The zero-order chi connectivity index (χ0) is 30.0. The number of sulfonamides is 1. The highest BCUT2D eigenvalue weighted by molar-refractivity contribution is 7.92. The molecule has 0 aliphatic rings. The fourth-order valence-corrected chi connectivity index (χ4v) is 5.78. The molecule has 41 heavy (non-hydrogen) atoms. The van der Waals surface area contributed by atoms with Crippen LogP contribution in [0.25, 0.3) is 0 Å². The quantitative estimate of drug-likeness (QED) is 0.278. The number of benzene rings is 3. The third-order valence-corrected chi connectivity index (χ3v) is 8.64. The number of hydrogen-bond acceptors (Lipinski definition) is 4. The Balaban J connectivity index is 1.89. The van der Waals surface area contributed by atoms with Gasteiger partial charge in [-0.1, -0.05) is 79.7 Å². The minimum absolute atomic E-state index is 0.0321. The first kappa shape index (κ1) is 31.9. The van der Waals surface area contributed by atoms with E-state index in [1.165, 1.54) is 10.6 Å². The van der Waals surface area contributed by atoms with E-state index in [9.17, 15) is 18.0 Å². The summed E-state index contributed by atoms with van der Waals surface area (Å²) in [6, 6.07) is 24.2. The van der Waals surface area contributed by atoms with Crippen LogP contribution < -0.4 is 9.62 Å². The van der Waals surface area contributed by atoms with Crippen molar-refractivity contribution in [3.05, 3.63) is 101 Å². The third-order valence-electron chi connectivity index (χ3n) is 7.46. The Labute approximate surface area is 245 Å². The van der Waals surface area contributed by atoms with Crippen LogP contribution in [0.4, 0.5) is 5.69 Å². The smallest absolute Gasteiger partial charge is 0.243 e. The van der Waals surface area contributed by atoms with Crippen LogP contribution >= 0.6 is 0 Å². The van der Waals surface area contributed by atoms with E-state index < -0.39 is 16.1 Å². The highest BCUT2D eigenvalue weighted by atomic mass is 32.2. The molecule has 0 saturated carbocycles. The first-order valence-corrected chi connectivity index (χ1v) is 16.1. The largest absolute Gasteiger partial charge is 0.352 e. The molecule has 0 fully saturated rings. The average Bonchev–Trinajstić information content (AvgIpc) is 2.95. The van der Waals surface area contributed by atoms with Crippen molar-refractivity contribution >= 4 is 27.5 Å². The maximum absolute atomic E-state index is 13.9. The molecule has 0 aliphatic carbocycles. The van der Waals surface area contributed by atoms with Gasteiger partial charge in [-0.15, -0.1) is 0 Å². The van der Waals surface area contributed by atoms with Crippen LogP contribution in [0.1, 0.15) is 55.4 Å². The number of nitrogens with one attached hydrogen (secondary N) is 1. The van der Waals surface area contributed by atoms with Gasteiger partial charge in [-0.05, 0) is 61.9 Å². The van der Waals surface area contributed by atoms with Crippen molar-refractivity contribution in [2.75, 3.05) is 17.1 Å². The van der Waals surface area contributed by atoms with Crippen LogP contribution in [-0.2, 0) is 32.6 Å². The van der Waals surface area contributed by atoms with Crippen molar-refractivity contribution in [3.63, 3.8) is 0 Å². The summed E-state index contributed by atoms with van der Waals surface area (Å²) < 4.78 is 26.9. The predicted octanol–water partition coefficient (Wildman–Crippen LogP) is 5.40. The van der Waals surface area contributed by atoms with Crippen LogP contribution in [0, 0.1) is 13.8 Å². The summed E-state index contributed by atoms with van der Waals surface area (Å²) in [5.41, 5.74) is 4.39. The minimum atomic E-state index is -3.57. The molecule has 2 unspecified atom stereocenters. The lowest BCUT2D eigenvalue weighted by atomic mass is 10.0. The summed E-state index contributed by atoms with van der Waals surface area (Å²) in [5.74, 6) is -0.385. The lowest BCUT2D eigenvalue weighted by Crippen LogP contribution is -2.52. The second-order valence-electron chi connectivity index (χ2n) is 10.7. The second-order valence-corrected chi connectivity index (χ2v) is 12.6. The van der Waals surface area contributed by atoms with Crippen LogP contribution in [0.3, 0.4) is 0 Å². The summed E-state index contributed by atoms with van der Waals surface area (Å²) in [7, 11) is -3.57. The van der Waals surface area contributed by atoms with E-state index in [1.807, 2.05) is 100 Å². The normalized spacial score (nSPS) is 12.8. The Morgan fingerprint density at radius 3 is 2.07 bits per heavy atom. The van der Waals surface area contributed by atoms with Gasteiger partial charge in [-0.2, -0.15) is 0 Å². The highest BCUT2D eigenvalue weighted by Gasteiger charge is 2.31. The lowest BCUT2D eigenvalue weighted by Gasteiger charge is -2.33. The standard InChI is InChI=1S/C33H43N3O4S/c1-6-26(3)34-33(38)31(23-28-16-9-7-10-17-28)35(24-29-18-11-8-12-19-29)32(37)21-14-22-36(41(5,39)40)30-20-13-15-25(2)27(30)4/h7-13,15-20,26,31H,6,14,21-24H2,1-5H3,(H,34,38). The van der Waals surface area contributed by atoms with Gasteiger partial charge in [0.2, 0.25) is 21.8 Å². The number of carbonyl (C=O) groups is 2. The zero-order valence-corrected chi connectivity index (χ0v) is 25.7. The summed E-state index contributed by atoms with van der Waals surface area (Å²) >= 11 is 0. The molecule has 1 N–H and O–H groups in total. The van der Waals surface area contributed by atoms with Gasteiger partial charge in [-0.3, -0.25) is 13.9 Å². The van der Waals surface area contributed by atoms with Gasteiger partial charge in [0.25, 0.3) is 0 Å². The number of carbonyl (C=O) groups excluding carboxylic acids is 2. The highest BCUT2D eigenvalue weighted by Crippen LogP contribution is 2.26. The molecule has 7 nitrogen and oxygen atoms in total. The van der Waals surface area contributed by atoms with Gasteiger partial charge in [0, 0.05) is 32.0 Å². The van der Waals surface area contributed by atoms with Crippen molar-refractivity contribution in [2.45, 2.75) is 72.0 Å². The molecule has 0 bridgehead atoms. The molecule has 0 aliphatic heterocycles. The molecular weight excluding hydrogens is 534 g/mol. The van der Waals surface area contributed by atoms with Crippen LogP contribution in [0.15, 0.2) is 78.9 Å². The fraction of sp³-hybridized carbons (Fsp3) is 0.394. The van der Waals surface area contributed by atoms with Gasteiger partial charge in [0.15, 0.2) is 0 Å². The molecule has 0 saturated heterocycles. The fourth-order valence-electron chi connectivity index (χ4n) is 4.76.